The van der Waals surface area contributed by atoms with Gasteiger partial charge in [0.1, 0.15) is 0 Å². The molecule has 1 aliphatic rings. The SMILES string of the molecule is C=C(C)CC1c2ccccc2CCN1c1ccccc1. The van der Waals surface area contributed by atoms with Gasteiger partial charge in [-0.05, 0) is 43.0 Å². The summed E-state index contributed by atoms with van der Waals surface area (Å²) in [5, 5.41) is 0. The molecule has 0 spiro atoms. The van der Waals surface area contributed by atoms with Crippen LogP contribution in [0.2, 0.25) is 0 Å². The van der Waals surface area contributed by atoms with Gasteiger partial charge >= 0.3 is 0 Å². The third kappa shape index (κ3) is 2.49. The standard InChI is InChI=1S/C19H21N/c1-15(2)14-19-18-11-7-6-8-16(18)12-13-20(19)17-9-4-3-5-10-17/h3-11,19H,1,12-14H2,2H3. The summed E-state index contributed by atoms with van der Waals surface area (Å²) < 4.78 is 0. The third-order valence-electron chi connectivity index (χ3n) is 4.04. The van der Waals surface area contributed by atoms with Crippen LogP contribution in [0, 0.1) is 0 Å². The first kappa shape index (κ1) is 13.0. The van der Waals surface area contributed by atoms with Crippen molar-refractivity contribution in [3.05, 3.63) is 77.9 Å². The minimum atomic E-state index is 0.417. The van der Waals surface area contributed by atoms with Gasteiger partial charge in [0, 0.05) is 12.2 Å². The molecule has 1 atom stereocenters. The molecular formula is C19H21N. The molecule has 0 saturated carbocycles. The number of hydrogen-bond acceptors (Lipinski definition) is 1. The van der Waals surface area contributed by atoms with Gasteiger partial charge in [-0.25, -0.2) is 0 Å². The van der Waals surface area contributed by atoms with Gasteiger partial charge in [0.15, 0.2) is 0 Å². The lowest BCUT2D eigenvalue weighted by Gasteiger charge is -2.39. The predicted octanol–water partition coefficient (Wildman–Crippen LogP) is 4.76. The summed E-state index contributed by atoms with van der Waals surface area (Å²) in [6, 6.07) is 20.0. The Morgan fingerprint density at radius 1 is 1.10 bits per heavy atom. The fraction of sp³-hybridized carbons (Fsp3) is 0.263. The van der Waals surface area contributed by atoms with Crippen LogP contribution >= 0.6 is 0 Å². The Labute approximate surface area is 121 Å². The van der Waals surface area contributed by atoms with Gasteiger partial charge in [0.05, 0.1) is 6.04 Å². The lowest BCUT2D eigenvalue weighted by atomic mass is 9.89. The van der Waals surface area contributed by atoms with Gasteiger partial charge in [0.2, 0.25) is 0 Å². The second-order valence-corrected chi connectivity index (χ2v) is 5.65. The van der Waals surface area contributed by atoms with E-state index in [-0.39, 0.29) is 0 Å². The Bertz CT molecular complexity index is 600. The Kier molecular flexibility index (Phi) is 3.60. The number of benzene rings is 2. The molecule has 0 aliphatic carbocycles. The number of hydrogen-bond donors (Lipinski definition) is 0. The number of para-hydroxylation sites is 1. The maximum atomic E-state index is 4.12. The van der Waals surface area contributed by atoms with Gasteiger partial charge in [-0.2, -0.15) is 0 Å². The summed E-state index contributed by atoms with van der Waals surface area (Å²) in [5.41, 5.74) is 5.51. The molecule has 20 heavy (non-hydrogen) atoms. The van der Waals surface area contributed by atoms with E-state index in [4.69, 9.17) is 0 Å². The quantitative estimate of drug-likeness (QED) is 0.722. The molecule has 2 aromatic carbocycles. The van der Waals surface area contributed by atoms with Crippen LogP contribution in [-0.2, 0) is 6.42 Å². The summed E-state index contributed by atoms with van der Waals surface area (Å²) in [6.45, 7) is 7.33. The molecule has 0 aromatic heterocycles. The first-order valence-electron chi connectivity index (χ1n) is 7.29. The Morgan fingerprint density at radius 3 is 2.55 bits per heavy atom. The van der Waals surface area contributed by atoms with Crippen molar-refractivity contribution in [1.29, 1.82) is 0 Å². The molecule has 1 aliphatic heterocycles. The van der Waals surface area contributed by atoms with Crippen molar-refractivity contribution in [2.75, 3.05) is 11.4 Å². The average Bonchev–Trinajstić information content (AvgIpc) is 2.48. The van der Waals surface area contributed by atoms with Crippen LogP contribution < -0.4 is 4.90 Å². The van der Waals surface area contributed by atoms with Crippen LogP contribution in [0.15, 0.2) is 66.7 Å². The van der Waals surface area contributed by atoms with Crippen LogP contribution in [0.4, 0.5) is 5.69 Å². The van der Waals surface area contributed by atoms with Crippen molar-refractivity contribution < 1.29 is 0 Å². The Hall–Kier alpha value is -2.02. The van der Waals surface area contributed by atoms with Gasteiger partial charge in [-0.15, -0.1) is 6.58 Å². The zero-order valence-corrected chi connectivity index (χ0v) is 12.0. The van der Waals surface area contributed by atoms with Crippen LogP contribution in [0.5, 0.6) is 0 Å². The maximum Gasteiger partial charge on any atom is 0.0582 e. The average molecular weight is 263 g/mol. The summed E-state index contributed by atoms with van der Waals surface area (Å²) in [7, 11) is 0. The van der Waals surface area contributed by atoms with Crippen LogP contribution in [-0.4, -0.2) is 6.54 Å². The van der Waals surface area contributed by atoms with Gasteiger partial charge in [-0.1, -0.05) is 48.0 Å². The molecule has 1 unspecified atom stereocenters. The van der Waals surface area contributed by atoms with Gasteiger partial charge in [0.25, 0.3) is 0 Å². The van der Waals surface area contributed by atoms with E-state index in [0.29, 0.717) is 6.04 Å². The smallest absolute Gasteiger partial charge is 0.0582 e. The van der Waals surface area contributed by atoms with Crippen molar-refractivity contribution in [3.8, 4) is 0 Å². The highest BCUT2D eigenvalue weighted by atomic mass is 15.2. The minimum absolute atomic E-state index is 0.417. The zero-order chi connectivity index (χ0) is 13.9. The molecular weight excluding hydrogens is 242 g/mol. The minimum Gasteiger partial charge on any atom is -0.364 e. The van der Waals surface area contributed by atoms with E-state index in [9.17, 15) is 0 Å². The van der Waals surface area contributed by atoms with Crippen molar-refractivity contribution in [2.45, 2.75) is 25.8 Å². The molecule has 1 nitrogen and oxygen atoms in total. The number of nitrogens with zero attached hydrogens (tertiary/aromatic N) is 1. The van der Waals surface area contributed by atoms with E-state index in [1.54, 1.807) is 0 Å². The fourth-order valence-electron chi connectivity index (χ4n) is 3.13. The first-order chi connectivity index (χ1) is 9.75. The summed E-state index contributed by atoms with van der Waals surface area (Å²) in [5.74, 6) is 0. The normalized spacial score (nSPS) is 17.6. The lowest BCUT2D eigenvalue weighted by molar-refractivity contribution is 0.578. The monoisotopic (exact) mass is 263 g/mol. The highest BCUT2D eigenvalue weighted by molar-refractivity contribution is 5.52. The molecule has 3 rings (SSSR count). The summed E-state index contributed by atoms with van der Waals surface area (Å²) in [6.07, 6.45) is 2.14. The van der Waals surface area contributed by atoms with Crippen molar-refractivity contribution in [3.63, 3.8) is 0 Å². The maximum absolute atomic E-state index is 4.12. The Balaban J connectivity index is 2.01. The molecule has 0 N–H and O–H groups in total. The summed E-state index contributed by atoms with van der Waals surface area (Å²) in [4.78, 5) is 2.52. The zero-order valence-electron chi connectivity index (χ0n) is 12.0. The molecule has 2 aromatic rings. The highest BCUT2D eigenvalue weighted by Crippen LogP contribution is 2.37. The van der Waals surface area contributed by atoms with E-state index in [0.717, 1.165) is 19.4 Å². The number of fused-ring (bicyclic) bond motifs is 1. The van der Waals surface area contributed by atoms with Crippen LogP contribution in [0.1, 0.15) is 30.5 Å². The predicted molar refractivity (Wildman–Crippen MR) is 86.1 cm³/mol. The van der Waals surface area contributed by atoms with Gasteiger partial charge < -0.3 is 4.90 Å². The van der Waals surface area contributed by atoms with Gasteiger partial charge in [-0.3, -0.25) is 0 Å². The van der Waals surface area contributed by atoms with Crippen molar-refractivity contribution >= 4 is 5.69 Å². The first-order valence-corrected chi connectivity index (χ1v) is 7.29. The molecule has 0 fully saturated rings. The molecule has 0 saturated heterocycles. The highest BCUT2D eigenvalue weighted by Gasteiger charge is 2.26. The topological polar surface area (TPSA) is 3.24 Å². The third-order valence-corrected chi connectivity index (χ3v) is 4.04. The van der Waals surface area contributed by atoms with Crippen LogP contribution in [0.3, 0.4) is 0 Å². The van der Waals surface area contributed by atoms with Crippen molar-refractivity contribution in [2.24, 2.45) is 0 Å². The van der Waals surface area contributed by atoms with Crippen molar-refractivity contribution in [1.82, 2.24) is 0 Å². The fourth-order valence-corrected chi connectivity index (χ4v) is 3.13. The van der Waals surface area contributed by atoms with E-state index in [2.05, 4.69) is 73.0 Å². The van der Waals surface area contributed by atoms with E-state index >= 15 is 0 Å². The molecule has 0 bridgehead atoms. The number of anilines is 1. The Morgan fingerprint density at radius 2 is 1.80 bits per heavy atom. The second kappa shape index (κ2) is 5.54. The number of rotatable bonds is 3. The lowest BCUT2D eigenvalue weighted by Crippen LogP contribution is -2.35. The summed E-state index contributed by atoms with van der Waals surface area (Å²) >= 11 is 0. The van der Waals surface area contributed by atoms with E-state index in [1.807, 2.05) is 0 Å². The molecule has 1 heteroatoms. The second-order valence-electron chi connectivity index (χ2n) is 5.65. The molecule has 0 amide bonds. The molecule has 102 valence electrons. The van der Waals surface area contributed by atoms with Crippen LogP contribution in [0.25, 0.3) is 0 Å². The van der Waals surface area contributed by atoms with E-state index < -0.39 is 0 Å². The molecule has 0 radical (unpaired) electrons. The largest absolute Gasteiger partial charge is 0.364 e. The van der Waals surface area contributed by atoms with E-state index in [1.165, 1.54) is 22.4 Å². The molecule has 1 heterocycles.